The first-order valence-electron chi connectivity index (χ1n) is 18.2. The van der Waals surface area contributed by atoms with Gasteiger partial charge in [0.1, 0.15) is 0 Å². The van der Waals surface area contributed by atoms with Crippen molar-refractivity contribution in [3.05, 3.63) is 119 Å². The Kier molecular flexibility index (Phi) is 13.0. The van der Waals surface area contributed by atoms with Crippen LogP contribution in [0.5, 0.6) is 0 Å². The molecule has 264 valence electrons. The second-order valence-corrected chi connectivity index (χ2v) is 13.1. The Morgan fingerprint density at radius 1 is 1.00 bits per heavy atom. The van der Waals surface area contributed by atoms with Gasteiger partial charge in [-0.25, -0.2) is 9.78 Å². The average molecular weight is 677 g/mol. The number of aliphatic carboxylic acids is 1. The number of carbonyl (C=O) groups is 2. The van der Waals surface area contributed by atoms with Crippen molar-refractivity contribution in [2.45, 2.75) is 71.8 Å². The van der Waals surface area contributed by atoms with Crippen LogP contribution in [0.15, 0.2) is 108 Å². The molecule has 0 unspecified atom stereocenters. The maximum atomic E-state index is 13.8. The molecule has 0 spiro atoms. The SMILES string of the molecule is C=C(C1=CC=C(C(=O)O)CC=C1N(CC(=O)N1CCOCC1)Cc1ccc2nc(C3=CC=CC(N)=CC3)ccc2c1)C1CCCCCC1.CC. The van der Waals surface area contributed by atoms with Crippen molar-refractivity contribution in [1.82, 2.24) is 14.8 Å². The molecular weight excluding hydrogens is 624 g/mol. The Balaban J connectivity index is 0.00000239. The molecule has 8 heteroatoms. The lowest BCUT2D eigenvalue weighted by molar-refractivity contribution is -0.136. The number of carboxylic acids is 1. The molecule has 3 aliphatic carbocycles. The van der Waals surface area contributed by atoms with Crippen molar-refractivity contribution in [3.63, 3.8) is 0 Å². The second kappa shape index (κ2) is 17.8. The van der Waals surface area contributed by atoms with Gasteiger partial charge in [0.25, 0.3) is 0 Å². The van der Waals surface area contributed by atoms with E-state index in [-0.39, 0.29) is 18.9 Å². The van der Waals surface area contributed by atoms with Crippen molar-refractivity contribution in [2.75, 3.05) is 32.8 Å². The summed E-state index contributed by atoms with van der Waals surface area (Å²) in [5, 5.41) is 10.9. The highest BCUT2D eigenvalue weighted by atomic mass is 16.5. The predicted molar refractivity (Wildman–Crippen MR) is 202 cm³/mol. The zero-order valence-corrected chi connectivity index (χ0v) is 29.7. The summed E-state index contributed by atoms with van der Waals surface area (Å²) in [6, 6.07) is 10.4. The molecule has 2 heterocycles. The van der Waals surface area contributed by atoms with Crippen molar-refractivity contribution in [2.24, 2.45) is 11.7 Å². The number of aromatic nitrogens is 1. The first-order valence-corrected chi connectivity index (χ1v) is 18.2. The molecule has 6 rings (SSSR count). The molecule has 1 aromatic carbocycles. The molecule has 1 saturated carbocycles. The molecule has 1 aliphatic heterocycles. The Morgan fingerprint density at radius 2 is 1.76 bits per heavy atom. The number of carbonyl (C=O) groups excluding carboxylic acids is 1. The third-order valence-electron chi connectivity index (χ3n) is 9.84. The van der Waals surface area contributed by atoms with Crippen LogP contribution < -0.4 is 5.73 Å². The summed E-state index contributed by atoms with van der Waals surface area (Å²) in [7, 11) is 0. The molecule has 4 aliphatic rings. The molecule has 0 bridgehead atoms. The average Bonchev–Trinajstić information content (AvgIpc) is 3.64. The molecule has 1 saturated heterocycles. The molecule has 1 aromatic heterocycles. The number of fused-ring (bicyclic) bond motifs is 1. The van der Waals surface area contributed by atoms with Gasteiger partial charge in [-0.15, -0.1) is 0 Å². The van der Waals surface area contributed by atoms with E-state index in [1.165, 1.54) is 12.8 Å². The minimum Gasteiger partial charge on any atom is -0.478 e. The Hall–Kier alpha value is -4.69. The van der Waals surface area contributed by atoms with Crippen molar-refractivity contribution in [3.8, 4) is 0 Å². The largest absolute Gasteiger partial charge is 0.478 e. The summed E-state index contributed by atoms with van der Waals surface area (Å²) in [6.07, 6.45) is 21.4. The lowest BCUT2D eigenvalue weighted by Gasteiger charge is -2.34. The number of allylic oxidation sites excluding steroid dienone is 9. The standard InChI is InChI=1S/C40H46N4O4.C2H6/c1-28(30-7-4-2-3-5-8-30)35-17-13-32(40(46)47)15-20-38(35)44(27-39(45)43-21-23-48-24-22-43)26-29-11-18-37-33(25-29)14-19-36(42-37)31-9-6-10-34(41)16-12-31;1-2/h6,9-11,13-14,16-20,25,30H,1-5,7-8,12,15,21-24,26-27,41H2,(H,46,47);1-2H3. The van der Waals surface area contributed by atoms with Gasteiger partial charge in [0, 0.05) is 47.6 Å². The van der Waals surface area contributed by atoms with Crippen LogP contribution in [0, 0.1) is 5.92 Å². The quantitative estimate of drug-likeness (QED) is 0.260. The number of pyridine rings is 1. The van der Waals surface area contributed by atoms with Gasteiger partial charge in [0.05, 0.1) is 31.0 Å². The van der Waals surface area contributed by atoms with Crippen molar-refractivity contribution in [1.29, 1.82) is 0 Å². The van der Waals surface area contributed by atoms with Gasteiger partial charge in [-0.1, -0.05) is 94.7 Å². The first kappa shape index (κ1) is 36.6. The van der Waals surface area contributed by atoms with E-state index >= 15 is 0 Å². The maximum Gasteiger partial charge on any atom is 0.331 e. The van der Waals surface area contributed by atoms with Crippen LogP contribution in [0.2, 0.25) is 0 Å². The van der Waals surface area contributed by atoms with E-state index in [0.29, 0.717) is 44.3 Å². The monoisotopic (exact) mass is 676 g/mol. The summed E-state index contributed by atoms with van der Waals surface area (Å²) in [5.74, 6) is -0.580. The van der Waals surface area contributed by atoms with E-state index in [2.05, 4.69) is 35.8 Å². The van der Waals surface area contributed by atoms with Crippen LogP contribution in [0.1, 0.15) is 76.5 Å². The lowest BCUT2D eigenvalue weighted by Crippen LogP contribution is -2.45. The fourth-order valence-electron chi connectivity index (χ4n) is 7.04. The fourth-order valence-corrected chi connectivity index (χ4v) is 7.04. The van der Waals surface area contributed by atoms with Gasteiger partial charge in [0.2, 0.25) is 5.91 Å². The number of nitrogens with zero attached hydrogens (tertiary/aromatic N) is 3. The molecule has 0 radical (unpaired) electrons. The number of benzene rings is 1. The molecule has 3 N–H and O–H groups in total. The number of nitrogens with two attached hydrogens (primary N) is 1. The Bertz CT molecular complexity index is 1740. The van der Waals surface area contributed by atoms with Crippen LogP contribution in [0.25, 0.3) is 16.5 Å². The van der Waals surface area contributed by atoms with Crippen molar-refractivity contribution < 1.29 is 19.4 Å². The topological polar surface area (TPSA) is 109 Å². The second-order valence-electron chi connectivity index (χ2n) is 13.1. The molecule has 0 atom stereocenters. The Labute approximate surface area is 297 Å². The molecule has 8 nitrogen and oxygen atoms in total. The van der Waals surface area contributed by atoms with Gasteiger partial charge < -0.3 is 25.4 Å². The minimum absolute atomic E-state index is 0.0294. The van der Waals surface area contributed by atoms with Gasteiger partial charge in [-0.3, -0.25) is 4.79 Å². The minimum atomic E-state index is -0.935. The maximum absolute atomic E-state index is 13.8. The number of morpholine rings is 1. The van der Waals surface area contributed by atoms with Crippen LogP contribution in [-0.2, 0) is 20.9 Å². The van der Waals surface area contributed by atoms with Gasteiger partial charge in [-0.2, -0.15) is 0 Å². The van der Waals surface area contributed by atoms with E-state index in [9.17, 15) is 14.7 Å². The van der Waals surface area contributed by atoms with E-state index in [4.69, 9.17) is 15.5 Å². The lowest BCUT2D eigenvalue weighted by atomic mass is 9.86. The first-order chi connectivity index (χ1) is 24.4. The zero-order valence-electron chi connectivity index (χ0n) is 29.7. The van der Waals surface area contributed by atoms with Gasteiger partial charge >= 0.3 is 5.97 Å². The number of hydrogen-bond donors (Lipinski definition) is 2. The molecular formula is C42H52N4O4. The number of rotatable bonds is 9. The highest BCUT2D eigenvalue weighted by molar-refractivity contribution is 5.88. The number of hydrogen-bond acceptors (Lipinski definition) is 6. The normalized spacial score (nSPS) is 18.5. The summed E-state index contributed by atoms with van der Waals surface area (Å²) in [4.78, 5) is 34.8. The summed E-state index contributed by atoms with van der Waals surface area (Å²) in [5.41, 5.74) is 13.8. The molecule has 2 fully saturated rings. The van der Waals surface area contributed by atoms with E-state index in [0.717, 1.165) is 82.4 Å². The van der Waals surface area contributed by atoms with E-state index in [1.807, 2.05) is 61.3 Å². The number of carboxylic acid groups (broad SMARTS) is 1. The predicted octanol–water partition coefficient (Wildman–Crippen LogP) is 7.86. The summed E-state index contributed by atoms with van der Waals surface area (Å²) >= 11 is 0. The smallest absolute Gasteiger partial charge is 0.331 e. The molecule has 50 heavy (non-hydrogen) atoms. The highest BCUT2D eigenvalue weighted by Gasteiger charge is 2.27. The Morgan fingerprint density at radius 3 is 2.50 bits per heavy atom. The highest BCUT2D eigenvalue weighted by Crippen LogP contribution is 2.37. The number of ether oxygens (including phenoxy) is 1. The molecule has 1 amide bonds. The van der Waals surface area contributed by atoms with Crippen LogP contribution in [-0.4, -0.2) is 64.6 Å². The molecule has 2 aromatic rings. The van der Waals surface area contributed by atoms with Gasteiger partial charge in [-0.05, 0) is 72.6 Å². The summed E-state index contributed by atoms with van der Waals surface area (Å²) in [6.45, 7) is 11.4. The van der Waals surface area contributed by atoms with Gasteiger partial charge in [0.15, 0.2) is 0 Å². The third kappa shape index (κ3) is 9.30. The van der Waals surface area contributed by atoms with Crippen LogP contribution >= 0.6 is 0 Å². The van der Waals surface area contributed by atoms with Crippen LogP contribution in [0.3, 0.4) is 0 Å². The summed E-state index contributed by atoms with van der Waals surface area (Å²) < 4.78 is 5.52. The fraction of sp³-hybridized carbons (Fsp3) is 0.405. The number of amides is 1. The van der Waals surface area contributed by atoms with Crippen LogP contribution in [0.4, 0.5) is 0 Å². The zero-order chi connectivity index (χ0) is 35.5. The van der Waals surface area contributed by atoms with E-state index in [1.54, 1.807) is 6.08 Å². The van der Waals surface area contributed by atoms with Crippen molar-refractivity contribution >= 4 is 28.4 Å². The van der Waals surface area contributed by atoms with E-state index < -0.39 is 5.97 Å². The third-order valence-corrected chi connectivity index (χ3v) is 9.84.